The number of ether oxygens (including phenoxy) is 2. The SMILES string of the molecule is CCCNC(=O)[C@@H](Cc1ccccc1)N(Cc1ccccc1Cl)C(=O)CN(c1cc(OC)ccc1OC)S(=O)(=O)c1ccc(C)cc1. The van der Waals surface area contributed by atoms with E-state index in [4.69, 9.17) is 21.1 Å². The van der Waals surface area contributed by atoms with E-state index in [0.717, 1.165) is 15.4 Å². The first-order valence-corrected chi connectivity index (χ1v) is 17.1. The number of nitrogens with zero attached hydrogens (tertiary/aromatic N) is 2. The minimum absolute atomic E-state index is 0.0139. The molecule has 0 heterocycles. The molecule has 9 nitrogen and oxygen atoms in total. The van der Waals surface area contributed by atoms with Crippen LogP contribution in [0.5, 0.6) is 11.5 Å². The summed E-state index contributed by atoms with van der Waals surface area (Å²) in [7, 11) is -1.45. The zero-order chi connectivity index (χ0) is 34.0. The van der Waals surface area contributed by atoms with Crippen LogP contribution in [0.25, 0.3) is 0 Å². The van der Waals surface area contributed by atoms with Gasteiger partial charge in [0.05, 0.1) is 24.8 Å². The van der Waals surface area contributed by atoms with Crippen molar-refractivity contribution in [3.05, 3.63) is 119 Å². The number of nitrogens with one attached hydrogen (secondary N) is 1. The molecule has 47 heavy (non-hydrogen) atoms. The summed E-state index contributed by atoms with van der Waals surface area (Å²) >= 11 is 6.57. The highest BCUT2D eigenvalue weighted by Crippen LogP contribution is 2.36. The van der Waals surface area contributed by atoms with Crippen LogP contribution in [-0.4, -0.2) is 58.5 Å². The fourth-order valence-corrected chi connectivity index (χ4v) is 6.68. The van der Waals surface area contributed by atoms with Gasteiger partial charge in [0, 0.05) is 30.6 Å². The summed E-state index contributed by atoms with van der Waals surface area (Å²) in [5.41, 5.74) is 2.42. The monoisotopic (exact) mass is 677 g/mol. The zero-order valence-electron chi connectivity index (χ0n) is 27.0. The molecule has 0 aliphatic rings. The van der Waals surface area contributed by atoms with Crippen molar-refractivity contribution in [2.75, 3.05) is 31.6 Å². The number of benzene rings is 4. The molecule has 1 N–H and O–H groups in total. The van der Waals surface area contributed by atoms with E-state index in [1.807, 2.05) is 44.2 Å². The van der Waals surface area contributed by atoms with Gasteiger partial charge in [0.15, 0.2) is 0 Å². The largest absolute Gasteiger partial charge is 0.497 e. The number of rotatable bonds is 15. The minimum atomic E-state index is -4.33. The number of anilines is 1. The first-order chi connectivity index (χ1) is 22.6. The molecule has 0 bridgehead atoms. The van der Waals surface area contributed by atoms with E-state index >= 15 is 0 Å². The van der Waals surface area contributed by atoms with Crippen molar-refractivity contribution < 1.29 is 27.5 Å². The molecule has 0 fully saturated rings. The second kappa shape index (κ2) is 16.3. The van der Waals surface area contributed by atoms with Crippen molar-refractivity contribution in [3.63, 3.8) is 0 Å². The summed E-state index contributed by atoms with van der Waals surface area (Å²) in [6.07, 6.45) is 0.889. The number of hydrogen-bond donors (Lipinski definition) is 1. The molecule has 4 rings (SSSR count). The Labute approximate surface area is 282 Å². The molecule has 248 valence electrons. The lowest BCUT2D eigenvalue weighted by Crippen LogP contribution is -2.53. The van der Waals surface area contributed by atoms with Gasteiger partial charge in [-0.05, 0) is 54.8 Å². The Morgan fingerprint density at radius 1 is 0.894 bits per heavy atom. The Balaban J connectivity index is 1.87. The fraction of sp³-hybridized carbons (Fsp3) is 0.278. The lowest BCUT2D eigenvalue weighted by molar-refractivity contribution is -0.140. The van der Waals surface area contributed by atoms with Gasteiger partial charge in [0.25, 0.3) is 10.0 Å². The molecule has 0 radical (unpaired) electrons. The van der Waals surface area contributed by atoms with Gasteiger partial charge in [0.2, 0.25) is 11.8 Å². The van der Waals surface area contributed by atoms with Gasteiger partial charge in [-0.3, -0.25) is 13.9 Å². The quantitative estimate of drug-likeness (QED) is 0.165. The van der Waals surface area contributed by atoms with Crippen LogP contribution in [0.2, 0.25) is 5.02 Å². The maximum Gasteiger partial charge on any atom is 0.264 e. The minimum Gasteiger partial charge on any atom is -0.497 e. The van der Waals surface area contributed by atoms with E-state index in [9.17, 15) is 18.0 Å². The van der Waals surface area contributed by atoms with E-state index in [1.54, 1.807) is 48.5 Å². The number of aryl methyl sites for hydroxylation is 1. The number of carbonyl (C=O) groups is 2. The Bertz CT molecular complexity index is 1770. The fourth-order valence-electron chi connectivity index (χ4n) is 5.07. The topological polar surface area (TPSA) is 105 Å². The van der Waals surface area contributed by atoms with E-state index in [-0.39, 0.29) is 35.2 Å². The molecule has 0 spiro atoms. The third-order valence-corrected chi connectivity index (χ3v) is 9.80. The van der Waals surface area contributed by atoms with Gasteiger partial charge in [-0.25, -0.2) is 8.42 Å². The smallest absolute Gasteiger partial charge is 0.264 e. The summed E-state index contributed by atoms with van der Waals surface area (Å²) in [5, 5.41) is 3.35. The molecule has 0 unspecified atom stereocenters. The van der Waals surface area contributed by atoms with E-state index in [0.29, 0.717) is 29.3 Å². The molecule has 4 aromatic carbocycles. The third kappa shape index (κ3) is 8.84. The molecule has 0 aliphatic carbocycles. The van der Waals surface area contributed by atoms with Gasteiger partial charge < -0.3 is 19.7 Å². The maximum absolute atomic E-state index is 14.7. The predicted molar refractivity (Wildman–Crippen MR) is 184 cm³/mol. The van der Waals surface area contributed by atoms with Crippen LogP contribution < -0.4 is 19.1 Å². The molecule has 1 atom stereocenters. The highest BCUT2D eigenvalue weighted by molar-refractivity contribution is 7.92. The van der Waals surface area contributed by atoms with Crippen molar-refractivity contribution in [1.82, 2.24) is 10.2 Å². The van der Waals surface area contributed by atoms with Crippen LogP contribution >= 0.6 is 11.6 Å². The van der Waals surface area contributed by atoms with Crippen LogP contribution in [0, 0.1) is 6.92 Å². The summed E-state index contributed by atoms with van der Waals surface area (Å²) in [5.74, 6) is -0.388. The molecule has 0 saturated carbocycles. The molecule has 4 aromatic rings. The Morgan fingerprint density at radius 3 is 2.21 bits per heavy atom. The molecular weight excluding hydrogens is 638 g/mol. The second-order valence-electron chi connectivity index (χ2n) is 11.0. The predicted octanol–water partition coefficient (Wildman–Crippen LogP) is 6.03. The molecule has 11 heteroatoms. The maximum atomic E-state index is 14.7. The Morgan fingerprint density at radius 2 is 1.57 bits per heavy atom. The molecule has 0 aliphatic heterocycles. The summed E-state index contributed by atoms with van der Waals surface area (Å²) in [6, 6.07) is 26.5. The Kier molecular flexibility index (Phi) is 12.3. The lowest BCUT2D eigenvalue weighted by atomic mass is 10.0. The Hall–Kier alpha value is -4.54. The lowest BCUT2D eigenvalue weighted by Gasteiger charge is -2.34. The van der Waals surface area contributed by atoms with Crippen molar-refractivity contribution in [3.8, 4) is 11.5 Å². The first-order valence-electron chi connectivity index (χ1n) is 15.2. The standard InChI is InChI=1S/C36H40ClN3O6S/c1-5-21-38-36(42)33(22-27-11-7-6-8-12-27)39(24-28-13-9-10-14-31(28)37)35(41)25-40(32-23-29(45-3)17-20-34(32)46-4)47(43,44)30-18-15-26(2)16-19-30/h6-20,23,33H,5,21-22,24-25H2,1-4H3,(H,38,42)/t33-/m1/s1. The number of methoxy groups -OCH3 is 2. The summed E-state index contributed by atoms with van der Waals surface area (Å²) in [4.78, 5) is 29.9. The molecule has 2 amide bonds. The van der Waals surface area contributed by atoms with Gasteiger partial charge >= 0.3 is 0 Å². The number of carbonyl (C=O) groups excluding carboxylic acids is 2. The van der Waals surface area contributed by atoms with E-state index in [1.165, 1.54) is 37.3 Å². The first kappa shape index (κ1) is 35.3. The summed E-state index contributed by atoms with van der Waals surface area (Å²) in [6.45, 7) is 3.52. The van der Waals surface area contributed by atoms with Gasteiger partial charge in [-0.15, -0.1) is 0 Å². The zero-order valence-corrected chi connectivity index (χ0v) is 28.6. The van der Waals surface area contributed by atoms with Crippen LogP contribution in [-0.2, 0) is 32.6 Å². The van der Waals surface area contributed by atoms with E-state index < -0.39 is 28.5 Å². The average molecular weight is 678 g/mol. The van der Waals surface area contributed by atoms with Crippen LogP contribution in [0.1, 0.15) is 30.0 Å². The van der Waals surface area contributed by atoms with Crippen LogP contribution in [0.3, 0.4) is 0 Å². The molecule has 0 aromatic heterocycles. The van der Waals surface area contributed by atoms with Crippen molar-refractivity contribution >= 4 is 39.1 Å². The molecule has 0 saturated heterocycles. The van der Waals surface area contributed by atoms with E-state index in [2.05, 4.69) is 5.32 Å². The number of amides is 2. The summed E-state index contributed by atoms with van der Waals surface area (Å²) < 4.78 is 40.7. The van der Waals surface area contributed by atoms with Crippen LogP contribution in [0.4, 0.5) is 5.69 Å². The van der Waals surface area contributed by atoms with Gasteiger partial charge in [-0.1, -0.05) is 84.8 Å². The average Bonchev–Trinajstić information content (AvgIpc) is 3.08. The highest BCUT2D eigenvalue weighted by Gasteiger charge is 2.36. The third-order valence-electron chi connectivity index (χ3n) is 7.66. The highest BCUT2D eigenvalue weighted by atomic mass is 35.5. The normalized spacial score (nSPS) is 11.8. The molecular formula is C36H40ClN3O6S. The number of sulfonamides is 1. The van der Waals surface area contributed by atoms with Crippen molar-refractivity contribution in [2.24, 2.45) is 0 Å². The van der Waals surface area contributed by atoms with Crippen LogP contribution in [0.15, 0.2) is 102 Å². The van der Waals surface area contributed by atoms with Crippen molar-refractivity contribution in [2.45, 2.75) is 44.2 Å². The second-order valence-corrected chi connectivity index (χ2v) is 13.2. The number of hydrogen-bond acceptors (Lipinski definition) is 6. The van der Waals surface area contributed by atoms with Crippen molar-refractivity contribution in [1.29, 1.82) is 0 Å². The number of halogens is 1. The van der Waals surface area contributed by atoms with Gasteiger partial charge in [0.1, 0.15) is 24.1 Å². The van der Waals surface area contributed by atoms with Gasteiger partial charge in [-0.2, -0.15) is 0 Å².